The van der Waals surface area contributed by atoms with Gasteiger partial charge in [-0.25, -0.2) is 0 Å². The smallest absolute Gasteiger partial charge is 0.101 e. The van der Waals surface area contributed by atoms with Crippen molar-refractivity contribution in [1.29, 1.82) is 5.26 Å². The highest BCUT2D eigenvalue weighted by atomic mass is 16.3. The van der Waals surface area contributed by atoms with Crippen LogP contribution in [0.2, 0.25) is 0 Å². The van der Waals surface area contributed by atoms with Crippen LogP contribution in [0.3, 0.4) is 0 Å². The zero-order chi connectivity index (χ0) is 21.7. The first-order valence-corrected chi connectivity index (χ1v) is 12.4. The summed E-state index contributed by atoms with van der Waals surface area (Å²) in [5.74, 6) is 4.97. The molecule has 4 aliphatic carbocycles. The van der Waals surface area contributed by atoms with Gasteiger partial charge in [-0.15, -0.1) is 0 Å². The predicted octanol–water partition coefficient (Wildman–Crippen LogP) is 5.92. The third kappa shape index (κ3) is 3.64. The minimum absolute atomic E-state index is 0.420. The summed E-state index contributed by atoms with van der Waals surface area (Å²) >= 11 is 0. The zero-order valence-corrected chi connectivity index (χ0v) is 19.6. The van der Waals surface area contributed by atoms with Crippen molar-refractivity contribution in [1.82, 2.24) is 4.90 Å². The summed E-state index contributed by atoms with van der Waals surface area (Å²) in [4.78, 5) is 2.27. The van der Waals surface area contributed by atoms with Crippen molar-refractivity contribution in [2.24, 2.45) is 40.9 Å². The lowest BCUT2D eigenvalue weighted by Gasteiger charge is -2.57. The maximum Gasteiger partial charge on any atom is 0.101 e. The van der Waals surface area contributed by atoms with Gasteiger partial charge in [-0.05, 0) is 113 Å². The van der Waals surface area contributed by atoms with Crippen LogP contribution in [-0.4, -0.2) is 28.7 Å². The fraction of sp³-hybridized carbons (Fsp3) is 0.815. The average Bonchev–Trinajstić information content (AvgIpc) is 3.07. The van der Waals surface area contributed by atoms with E-state index in [2.05, 4.69) is 45.4 Å². The molecule has 0 spiro atoms. The van der Waals surface area contributed by atoms with Crippen molar-refractivity contribution in [3.63, 3.8) is 0 Å². The second kappa shape index (κ2) is 8.01. The molecule has 3 heteroatoms. The Hall–Kier alpha value is -1.27. The van der Waals surface area contributed by atoms with Crippen LogP contribution in [0, 0.1) is 52.3 Å². The van der Waals surface area contributed by atoms with Crippen molar-refractivity contribution >= 4 is 0 Å². The lowest BCUT2D eigenvalue weighted by molar-refractivity contribution is -0.103. The van der Waals surface area contributed by atoms with Crippen molar-refractivity contribution < 1.29 is 5.11 Å². The molecule has 0 amide bonds. The van der Waals surface area contributed by atoms with E-state index in [4.69, 9.17) is 0 Å². The molecule has 0 aliphatic heterocycles. The summed E-state index contributed by atoms with van der Waals surface area (Å²) in [7, 11) is 2.13. The van der Waals surface area contributed by atoms with Gasteiger partial charge >= 0.3 is 0 Å². The van der Waals surface area contributed by atoms with E-state index in [1.54, 1.807) is 6.08 Å². The van der Waals surface area contributed by atoms with Crippen LogP contribution < -0.4 is 0 Å². The molecular formula is C27H42N2O. The van der Waals surface area contributed by atoms with Crippen LogP contribution in [0.5, 0.6) is 0 Å². The summed E-state index contributed by atoms with van der Waals surface area (Å²) < 4.78 is 0. The summed E-state index contributed by atoms with van der Waals surface area (Å²) in [5.41, 5.74) is 0.660. The number of rotatable bonds is 4. The molecule has 4 saturated carbocycles. The van der Waals surface area contributed by atoms with E-state index in [1.165, 1.54) is 44.9 Å². The van der Waals surface area contributed by atoms with Crippen molar-refractivity contribution in [3.8, 4) is 6.07 Å². The Bertz CT molecular complexity index is 734. The highest BCUT2D eigenvalue weighted by molar-refractivity contribution is 5.30. The van der Waals surface area contributed by atoms with Crippen LogP contribution in [-0.2, 0) is 0 Å². The summed E-state index contributed by atoms with van der Waals surface area (Å²) in [6.45, 7) is 10.8. The SMILES string of the molecule is C=C/C(C#N)=C\N(C)[C@@H](C)[C@H]1CC[C@H]2[C@@H]3CC[C@@H]4C[C@](C)(O)CC[C@@H]4[C@H]3CC[C@]12C. The summed E-state index contributed by atoms with van der Waals surface area (Å²) in [5, 5.41) is 19.9. The largest absolute Gasteiger partial charge is 0.390 e. The minimum atomic E-state index is -0.420. The number of nitrogens with zero attached hydrogens (tertiary/aromatic N) is 2. The predicted molar refractivity (Wildman–Crippen MR) is 122 cm³/mol. The second-order valence-corrected chi connectivity index (χ2v) is 11.7. The highest BCUT2D eigenvalue weighted by Crippen LogP contribution is 2.65. The molecule has 4 fully saturated rings. The molecule has 0 unspecified atom stereocenters. The third-order valence-corrected chi connectivity index (χ3v) is 10.2. The Morgan fingerprint density at radius 2 is 1.83 bits per heavy atom. The maximum atomic E-state index is 10.6. The van der Waals surface area contributed by atoms with Gasteiger partial charge in [0.25, 0.3) is 0 Å². The van der Waals surface area contributed by atoms with E-state index in [0.717, 1.165) is 42.4 Å². The van der Waals surface area contributed by atoms with Crippen LogP contribution >= 0.6 is 0 Å². The molecule has 9 atom stereocenters. The highest BCUT2D eigenvalue weighted by Gasteiger charge is 2.58. The zero-order valence-electron chi connectivity index (χ0n) is 19.6. The first kappa shape index (κ1) is 21.9. The molecular weight excluding hydrogens is 368 g/mol. The number of aliphatic hydroxyl groups is 1. The summed E-state index contributed by atoms with van der Waals surface area (Å²) in [6, 6.07) is 2.69. The Labute approximate surface area is 184 Å². The van der Waals surface area contributed by atoms with Crippen LogP contribution in [0.25, 0.3) is 0 Å². The van der Waals surface area contributed by atoms with Crippen molar-refractivity contribution in [2.45, 2.75) is 90.2 Å². The molecule has 30 heavy (non-hydrogen) atoms. The molecule has 0 bridgehead atoms. The van der Waals surface area contributed by atoms with Gasteiger partial charge in [0.1, 0.15) is 6.07 Å². The molecule has 0 aromatic heterocycles. The van der Waals surface area contributed by atoms with E-state index in [1.807, 2.05) is 6.20 Å². The van der Waals surface area contributed by atoms with Crippen LogP contribution in [0.15, 0.2) is 24.4 Å². The molecule has 0 saturated heterocycles. The lowest BCUT2D eigenvalue weighted by Crippen LogP contribution is -2.52. The average molecular weight is 411 g/mol. The lowest BCUT2D eigenvalue weighted by atomic mass is 9.48. The number of hydrogen-bond acceptors (Lipinski definition) is 3. The molecule has 166 valence electrons. The molecule has 1 N–H and O–H groups in total. The standard InChI is InChI=1S/C27H42N2O/c1-6-19(16-28)17-29(5)18(2)24-9-10-25-23-8-7-20-15-26(3,30)13-11-21(20)22(23)12-14-27(24,25)4/h6,17-18,20-25,30H,1,7-15H2,2-5H3/b19-17+/t18-,20+,21-,22+,23+,24+,25-,26+,27+/m0/s1. The normalized spacial score (nSPS) is 46.7. The quantitative estimate of drug-likeness (QED) is 0.462. The van der Waals surface area contributed by atoms with Gasteiger partial charge in [-0.1, -0.05) is 19.6 Å². The Balaban J connectivity index is 1.50. The minimum Gasteiger partial charge on any atom is -0.390 e. The van der Waals surface area contributed by atoms with Gasteiger partial charge in [0.05, 0.1) is 11.2 Å². The monoisotopic (exact) mass is 410 g/mol. The van der Waals surface area contributed by atoms with Crippen molar-refractivity contribution in [3.05, 3.63) is 24.4 Å². The number of allylic oxidation sites excluding steroid dienone is 2. The van der Waals surface area contributed by atoms with Gasteiger partial charge in [0.15, 0.2) is 0 Å². The van der Waals surface area contributed by atoms with Crippen LogP contribution in [0.1, 0.15) is 78.6 Å². The molecule has 4 aliphatic rings. The first-order valence-electron chi connectivity index (χ1n) is 12.4. The number of nitriles is 1. The van der Waals surface area contributed by atoms with Gasteiger partial charge in [0.2, 0.25) is 0 Å². The number of hydrogen-bond donors (Lipinski definition) is 1. The first-order chi connectivity index (χ1) is 14.2. The topological polar surface area (TPSA) is 47.3 Å². The third-order valence-electron chi connectivity index (χ3n) is 10.2. The fourth-order valence-electron chi connectivity index (χ4n) is 8.66. The second-order valence-electron chi connectivity index (χ2n) is 11.7. The van der Waals surface area contributed by atoms with Crippen molar-refractivity contribution in [2.75, 3.05) is 7.05 Å². The van der Waals surface area contributed by atoms with Gasteiger partial charge < -0.3 is 10.0 Å². The van der Waals surface area contributed by atoms with E-state index in [-0.39, 0.29) is 0 Å². The molecule has 0 aromatic carbocycles. The van der Waals surface area contributed by atoms with E-state index in [0.29, 0.717) is 22.9 Å². The Morgan fingerprint density at radius 1 is 1.10 bits per heavy atom. The fourth-order valence-corrected chi connectivity index (χ4v) is 8.66. The van der Waals surface area contributed by atoms with E-state index >= 15 is 0 Å². The molecule has 0 radical (unpaired) electrons. The van der Waals surface area contributed by atoms with Crippen LogP contribution in [0.4, 0.5) is 0 Å². The molecule has 4 rings (SSSR count). The Morgan fingerprint density at radius 3 is 2.53 bits per heavy atom. The van der Waals surface area contributed by atoms with Gasteiger partial charge in [-0.2, -0.15) is 5.26 Å². The van der Waals surface area contributed by atoms with E-state index in [9.17, 15) is 10.4 Å². The van der Waals surface area contributed by atoms with E-state index < -0.39 is 5.60 Å². The molecule has 0 heterocycles. The molecule has 3 nitrogen and oxygen atoms in total. The van der Waals surface area contributed by atoms with Gasteiger partial charge in [0, 0.05) is 19.3 Å². The molecule has 0 aromatic rings. The Kier molecular flexibility index (Phi) is 5.86. The summed E-state index contributed by atoms with van der Waals surface area (Å²) in [6.07, 6.45) is 15.1. The number of fused-ring (bicyclic) bond motifs is 5. The van der Waals surface area contributed by atoms with Gasteiger partial charge in [-0.3, -0.25) is 0 Å². The maximum absolute atomic E-state index is 10.6.